The van der Waals surface area contributed by atoms with Crippen molar-refractivity contribution in [3.05, 3.63) is 133 Å². The van der Waals surface area contributed by atoms with Gasteiger partial charge in [-0.25, -0.2) is 4.98 Å². The van der Waals surface area contributed by atoms with Crippen LogP contribution < -0.4 is 4.90 Å². The van der Waals surface area contributed by atoms with Crippen LogP contribution in [0, 0.1) is 0 Å². The molecule has 0 atom stereocenters. The first-order valence-corrected chi connectivity index (χ1v) is 14.9. The minimum atomic E-state index is -0.479. The molecule has 0 N–H and O–H groups in total. The van der Waals surface area contributed by atoms with Gasteiger partial charge in [-0.2, -0.15) is 9.97 Å². The number of pyridine rings is 2. The van der Waals surface area contributed by atoms with Crippen LogP contribution in [0.1, 0.15) is 25.1 Å². The third-order valence-corrected chi connectivity index (χ3v) is 8.76. The van der Waals surface area contributed by atoms with Crippen molar-refractivity contribution in [1.29, 1.82) is 0 Å². The van der Waals surface area contributed by atoms with Crippen molar-refractivity contribution in [2.24, 2.45) is 0 Å². The van der Waals surface area contributed by atoms with E-state index in [-0.39, 0.29) is 0 Å². The zero-order chi connectivity index (χ0) is 30.1. The minimum Gasteiger partial charge on any atom is -0.454 e. The van der Waals surface area contributed by atoms with Gasteiger partial charge in [0.25, 0.3) is 0 Å². The topological polar surface area (TPSA) is 80.8 Å². The highest BCUT2D eigenvalue weighted by Crippen LogP contribution is 2.56. The van der Waals surface area contributed by atoms with Crippen LogP contribution in [0.4, 0.5) is 17.3 Å². The van der Waals surface area contributed by atoms with Gasteiger partial charge in [0.2, 0.25) is 5.95 Å². The molecular weight excluding hydrogens is 556 g/mol. The molecule has 7 nitrogen and oxygen atoms in total. The Bertz CT molecular complexity index is 2360. The van der Waals surface area contributed by atoms with E-state index in [2.05, 4.69) is 41.9 Å². The lowest BCUT2D eigenvalue weighted by Crippen LogP contribution is -2.33. The zero-order valence-corrected chi connectivity index (χ0v) is 24.6. The Morgan fingerprint density at radius 2 is 1.33 bits per heavy atom. The van der Waals surface area contributed by atoms with Gasteiger partial charge in [-0.3, -0.25) is 14.9 Å². The molecular formula is C38H26N6O. The molecule has 8 aromatic rings. The molecule has 4 aromatic carbocycles. The third kappa shape index (κ3) is 3.74. The van der Waals surface area contributed by atoms with Gasteiger partial charge in [0.15, 0.2) is 17.2 Å². The second-order valence-corrected chi connectivity index (χ2v) is 11.8. The molecule has 45 heavy (non-hydrogen) atoms. The average Bonchev–Trinajstić information content (AvgIpc) is 3.49. The van der Waals surface area contributed by atoms with E-state index in [1.165, 1.54) is 0 Å². The molecule has 0 spiro atoms. The Kier molecular flexibility index (Phi) is 5.41. The molecule has 4 aromatic heterocycles. The lowest BCUT2D eigenvalue weighted by molar-refractivity contribution is 0.607. The summed E-state index contributed by atoms with van der Waals surface area (Å²) in [6.07, 6.45) is 5.65. The van der Waals surface area contributed by atoms with Crippen LogP contribution in [0.2, 0.25) is 0 Å². The lowest BCUT2D eigenvalue weighted by atomic mass is 9.74. The average molecular weight is 583 g/mol. The van der Waals surface area contributed by atoms with Gasteiger partial charge >= 0.3 is 0 Å². The number of benzene rings is 4. The van der Waals surface area contributed by atoms with Crippen molar-refractivity contribution >= 4 is 50.0 Å². The van der Waals surface area contributed by atoms with Gasteiger partial charge in [-0.15, -0.1) is 0 Å². The molecule has 0 fully saturated rings. The number of furan rings is 1. The lowest BCUT2D eigenvalue weighted by Gasteiger charge is -2.40. The number of para-hydroxylation sites is 1. The molecule has 1 aliphatic heterocycles. The maximum absolute atomic E-state index is 6.79. The smallest absolute Gasteiger partial charge is 0.238 e. The SMILES string of the molecule is CC1(C)c2ncccc2N(c2nc(-c3ccccc3)nc(-c3ccccc3)n2)c2c1c1ccncc1c1c2oc2ccccc21. The van der Waals surface area contributed by atoms with Crippen LogP contribution in [-0.4, -0.2) is 24.9 Å². The molecule has 5 heterocycles. The van der Waals surface area contributed by atoms with Crippen molar-refractivity contribution in [1.82, 2.24) is 24.9 Å². The normalized spacial score (nSPS) is 13.7. The predicted molar refractivity (Wildman–Crippen MR) is 178 cm³/mol. The Hall–Kier alpha value is -5.95. The molecule has 0 radical (unpaired) electrons. The second kappa shape index (κ2) is 9.53. The van der Waals surface area contributed by atoms with Crippen molar-refractivity contribution < 1.29 is 4.42 Å². The summed E-state index contributed by atoms with van der Waals surface area (Å²) < 4.78 is 6.79. The highest BCUT2D eigenvalue weighted by molar-refractivity contribution is 6.24. The van der Waals surface area contributed by atoms with Crippen LogP contribution in [0.5, 0.6) is 0 Å². The molecule has 0 aliphatic carbocycles. The molecule has 0 unspecified atom stereocenters. The number of rotatable bonds is 3. The van der Waals surface area contributed by atoms with E-state index in [1.807, 2.05) is 104 Å². The van der Waals surface area contributed by atoms with Gasteiger partial charge in [-0.05, 0) is 49.1 Å². The van der Waals surface area contributed by atoms with E-state index in [1.54, 1.807) is 0 Å². The summed E-state index contributed by atoms with van der Waals surface area (Å²) in [6, 6.07) is 34.4. The Morgan fingerprint density at radius 3 is 2.07 bits per heavy atom. The van der Waals surface area contributed by atoms with E-state index in [9.17, 15) is 0 Å². The van der Waals surface area contributed by atoms with E-state index in [0.717, 1.165) is 66.5 Å². The van der Waals surface area contributed by atoms with Gasteiger partial charge in [0.1, 0.15) is 5.58 Å². The van der Waals surface area contributed by atoms with Gasteiger partial charge < -0.3 is 4.42 Å². The fraction of sp³-hybridized carbons (Fsp3) is 0.0789. The summed E-state index contributed by atoms with van der Waals surface area (Å²) in [4.78, 5) is 26.9. The molecule has 7 heteroatoms. The van der Waals surface area contributed by atoms with Crippen molar-refractivity contribution in [2.45, 2.75) is 19.3 Å². The van der Waals surface area contributed by atoms with E-state index in [4.69, 9.17) is 24.4 Å². The first kappa shape index (κ1) is 25.5. The van der Waals surface area contributed by atoms with Gasteiger partial charge in [0, 0.05) is 51.3 Å². The number of hydrogen-bond donors (Lipinski definition) is 0. The summed E-state index contributed by atoms with van der Waals surface area (Å²) in [5.74, 6) is 1.66. The Balaban J connectivity index is 1.45. The number of anilines is 3. The maximum atomic E-state index is 6.79. The summed E-state index contributed by atoms with van der Waals surface area (Å²) in [5, 5.41) is 4.18. The zero-order valence-electron chi connectivity index (χ0n) is 24.6. The maximum Gasteiger partial charge on any atom is 0.238 e. The fourth-order valence-corrected chi connectivity index (χ4v) is 6.78. The molecule has 0 saturated heterocycles. The first-order valence-electron chi connectivity index (χ1n) is 14.9. The van der Waals surface area contributed by atoms with Gasteiger partial charge in [-0.1, -0.05) is 78.9 Å². The van der Waals surface area contributed by atoms with E-state index in [0.29, 0.717) is 17.6 Å². The van der Waals surface area contributed by atoms with Crippen LogP contribution in [-0.2, 0) is 5.41 Å². The van der Waals surface area contributed by atoms with E-state index >= 15 is 0 Å². The number of hydrogen-bond acceptors (Lipinski definition) is 7. The standard InChI is InChI=1S/C38H26N6O/c1-38(2)31-25-19-21-39-22-27(25)30-26-16-9-10-18-29(26)45-33(30)32(31)44(28-17-11-20-40-34(28)38)37-42-35(23-12-5-3-6-13-23)41-36(43-37)24-14-7-4-8-15-24/h3-22H,1-2H3. The summed E-state index contributed by atoms with van der Waals surface area (Å²) in [5.41, 5.74) is 6.70. The Labute approximate surface area is 258 Å². The molecule has 0 bridgehead atoms. The summed E-state index contributed by atoms with van der Waals surface area (Å²) >= 11 is 0. The minimum absolute atomic E-state index is 0.479. The number of nitrogens with zero attached hydrogens (tertiary/aromatic N) is 6. The number of aromatic nitrogens is 5. The third-order valence-electron chi connectivity index (χ3n) is 8.76. The van der Waals surface area contributed by atoms with Crippen LogP contribution >= 0.6 is 0 Å². The highest BCUT2D eigenvalue weighted by atomic mass is 16.3. The molecule has 0 saturated carbocycles. The fourth-order valence-electron chi connectivity index (χ4n) is 6.78. The van der Waals surface area contributed by atoms with Crippen molar-refractivity contribution in [3.63, 3.8) is 0 Å². The summed E-state index contributed by atoms with van der Waals surface area (Å²) in [6.45, 7) is 4.45. The Morgan fingerprint density at radius 1 is 0.644 bits per heavy atom. The van der Waals surface area contributed by atoms with Crippen LogP contribution in [0.25, 0.3) is 55.5 Å². The number of fused-ring (bicyclic) bond motifs is 9. The van der Waals surface area contributed by atoms with Crippen molar-refractivity contribution in [3.8, 4) is 22.8 Å². The van der Waals surface area contributed by atoms with Crippen LogP contribution in [0.15, 0.2) is 126 Å². The summed E-state index contributed by atoms with van der Waals surface area (Å²) in [7, 11) is 0. The highest BCUT2D eigenvalue weighted by Gasteiger charge is 2.43. The van der Waals surface area contributed by atoms with Crippen LogP contribution in [0.3, 0.4) is 0 Å². The first-order chi connectivity index (χ1) is 22.1. The second-order valence-electron chi connectivity index (χ2n) is 11.8. The molecule has 1 aliphatic rings. The van der Waals surface area contributed by atoms with E-state index < -0.39 is 5.41 Å². The van der Waals surface area contributed by atoms with Gasteiger partial charge in [0.05, 0.1) is 17.1 Å². The monoisotopic (exact) mass is 582 g/mol. The molecule has 214 valence electrons. The predicted octanol–water partition coefficient (Wildman–Crippen LogP) is 9.16. The molecule has 9 rings (SSSR count). The molecule has 0 amide bonds. The largest absolute Gasteiger partial charge is 0.454 e. The van der Waals surface area contributed by atoms with Crippen molar-refractivity contribution in [2.75, 3.05) is 4.90 Å². The quantitative estimate of drug-likeness (QED) is 0.205.